The average Bonchev–Trinajstić information content (AvgIpc) is 2.53. The summed E-state index contributed by atoms with van der Waals surface area (Å²) >= 11 is 0. The number of carbonyl (C=O) groups excluding carboxylic acids is 1. The molecule has 0 aliphatic rings. The Kier molecular flexibility index (Phi) is 5.72. The van der Waals surface area contributed by atoms with E-state index in [4.69, 9.17) is 4.74 Å². The van der Waals surface area contributed by atoms with Gasteiger partial charge in [0.25, 0.3) is 0 Å². The molecule has 0 radical (unpaired) electrons. The van der Waals surface area contributed by atoms with E-state index in [1.54, 1.807) is 24.3 Å². The van der Waals surface area contributed by atoms with E-state index in [0.717, 1.165) is 11.3 Å². The van der Waals surface area contributed by atoms with Gasteiger partial charge >= 0.3 is 5.97 Å². The van der Waals surface area contributed by atoms with Crippen molar-refractivity contribution in [2.45, 2.75) is 6.92 Å². The molecule has 0 saturated heterocycles. The largest absolute Gasteiger partial charge is 0.460 e. The number of aryl methyl sites for hydroxylation is 1. The van der Waals surface area contributed by atoms with Crippen LogP contribution in [0.1, 0.15) is 11.1 Å². The van der Waals surface area contributed by atoms with Crippen molar-refractivity contribution in [1.29, 1.82) is 0 Å². The van der Waals surface area contributed by atoms with Crippen molar-refractivity contribution < 1.29 is 13.9 Å². The van der Waals surface area contributed by atoms with Gasteiger partial charge in [-0.1, -0.05) is 35.9 Å². The van der Waals surface area contributed by atoms with Crippen LogP contribution in [-0.4, -0.2) is 19.1 Å². The van der Waals surface area contributed by atoms with E-state index in [1.807, 2.05) is 31.2 Å². The standard InChI is InChI=1S/C18H18FNO2/c1-14-4-10-17(11-5-14)20-13-18(21)22-12-2-3-15-6-8-16(19)9-7-15/h2-11,20H,12-13H2,1H3/b3-2+. The molecule has 0 spiro atoms. The second-order valence-corrected chi connectivity index (χ2v) is 4.86. The van der Waals surface area contributed by atoms with E-state index in [0.29, 0.717) is 0 Å². The molecule has 2 rings (SSSR count). The number of nitrogens with one attached hydrogen (secondary N) is 1. The minimum absolute atomic E-state index is 0.119. The average molecular weight is 299 g/mol. The Hall–Kier alpha value is -2.62. The van der Waals surface area contributed by atoms with Gasteiger partial charge in [-0.05, 0) is 42.8 Å². The molecule has 114 valence electrons. The van der Waals surface area contributed by atoms with E-state index in [2.05, 4.69) is 5.32 Å². The number of benzene rings is 2. The lowest BCUT2D eigenvalue weighted by Gasteiger charge is -2.06. The van der Waals surface area contributed by atoms with Gasteiger partial charge in [-0.15, -0.1) is 0 Å². The monoisotopic (exact) mass is 299 g/mol. The lowest BCUT2D eigenvalue weighted by molar-refractivity contribution is -0.140. The number of hydrogen-bond acceptors (Lipinski definition) is 3. The molecular weight excluding hydrogens is 281 g/mol. The zero-order chi connectivity index (χ0) is 15.8. The summed E-state index contributed by atoms with van der Waals surface area (Å²) in [7, 11) is 0. The Balaban J connectivity index is 1.69. The number of anilines is 1. The molecule has 0 heterocycles. The van der Waals surface area contributed by atoms with Gasteiger partial charge in [0.1, 0.15) is 19.0 Å². The number of esters is 1. The number of rotatable bonds is 6. The molecule has 0 atom stereocenters. The van der Waals surface area contributed by atoms with Gasteiger partial charge in [-0.3, -0.25) is 4.79 Å². The summed E-state index contributed by atoms with van der Waals surface area (Å²) in [6.07, 6.45) is 3.50. The highest BCUT2D eigenvalue weighted by Gasteiger charge is 2.01. The van der Waals surface area contributed by atoms with Crippen molar-refractivity contribution in [3.8, 4) is 0 Å². The molecule has 2 aromatic carbocycles. The molecule has 0 aromatic heterocycles. The van der Waals surface area contributed by atoms with Crippen LogP contribution in [0.4, 0.5) is 10.1 Å². The summed E-state index contributed by atoms with van der Waals surface area (Å²) in [5.74, 6) is -0.602. The van der Waals surface area contributed by atoms with Crippen LogP contribution >= 0.6 is 0 Å². The number of hydrogen-bond donors (Lipinski definition) is 1. The summed E-state index contributed by atoms with van der Waals surface area (Å²) in [5.41, 5.74) is 2.90. The maximum Gasteiger partial charge on any atom is 0.325 e. The first kappa shape index (κ1) is 15.8. The third-order valence-corrected chi connectivity index (χ3v) is 3.01. The van der Waals surface area contributed by atoms with Crippen molar-refractivity contribution in [3.05, 3.63) is 71.6 Å². The molecule has 0 amide bonds. The Morgan fingerprint density at radius 2 is 1.82 bits per heavy atom. The topological polar surface area (TPSA) is 38.3 Å². The van der Waals surface area contributed by atoms with Gasteiger partial charge in [0.15, 0.2) is 0 Å². The van der Waals surface area contributed by atoms with Gasteiger partial charge in [0, 0.05) is 5.69 Å². The van der Waals surface area contributed by atoms with Crippen molar-refractivity contribution in [2.75, 3.05) is 18.5 Å². The molecule has 4 heteroatoms. The number of carbonyl (C=O) groups is 1. The molecule has 22 heavy (non-hydrogen) atoms. The van der Waals surface area contributed by atoms with Gasteiger partial charge in [0.05, 0.1) is 0 Å². The Morgan fingerprint density at radius 3 is 2.50 bits per heavy atom. The summed E-state index contributed by atoms with van der Waals surface area (Å²) < 4.78 is 17.8. The van der Waals surface area contributed by atoms with Crippen LogP contribution in [0.15, 0.2) is 54.6 Å². The predicted octanol–water partition coefficient (Wildman–Crippen LogP) is 3.80. The van der Waals surface area contributed by atoms with Crippen LogP contribution in [0.5, 0.6) is 0 Å². The number of ether oxygens (including phenoxy) is 1. The summed E-state index contributed by atoms with van der Waals surface area (Å²) in [5, 5.41) is 3.00. The zero-order valence-corrected chi connectivity index (χ0v) is 12.4. The first-order chi connectivity index (χ1) is 10.6. The fraction of sp³-hybridized carbons (Fsp3) is 0.167. The lowest BCUT2D eigenvalue weighted by atomic mass is 10.2. The summed E-state index contributed by atoms with van der Waals surface area (Å²) in [6.45, 7) is 2.31. The van der Waals surface area contributed by atoms with E-state index < -0.39 is 0 Å². The van der Waals surface area contributed by atoms with Crippen LogP contribution in [0.2, 0.25) is 0 Å². The molecule has 0 saturated carbocycles. The molecule has 0 fully saturated rings. The Labute approximate surface area is 129 Å². The SMILES string of the molecule is Cc1ccc(NCC(=O)OC/C=C/c2ccc(F)cc2)cc1. The van der Waals surface area contributed by atoms with E-state index in [1.165, 1.54) is 17.7 Å². The van der Waals surface area contributed by atoms with Crippen LogP contribution in [-0.2, 0) is 9.53 Å². The van der Waals surface area contributed by atoms with Crippen molar-refractivity contribution in [2.24, 2.45) is 0 Å². The molecule has 0 aliphatic heterocycles. The fourth-order valence-electron chi connectivity index (χ4n) is 1.80. The van der Waals surface area contributed by atoms with Gasteiger partial charge < -0.3 is 10.1 Å². The first-order valence-corrected chi connectivity index (χ1v) is 7.02. The third kappa shape index (κ3) is 5.40. The van der Waals surface area contributed by atoms with E-state index in [9.17, 15) is 9.18 Å². The fourth-order valence-corrected chi connectivity index (χ4v) is 1.80. The van der Waals surface area contributed by atoms with Crippen molar-refractivity contribution >= 4 is 17.7 Å². The summed E-state index contributed by atoms with van der Waals surface area (Å²) in [4.78, 5) is 11.6. The molecule has 0 bridgehead atoms. The maximum atomic E-state index is 12.7. The first-order valence-electron chi connectivity index (χ1n) is 7.02. The highest BCUT2D eigenvalue weighted by atomic mass is 19.1. The third-order valence-electron chi connectivity index (χ3n) is 3.01. The molecular formula is C18H18FNO2. The van der Waals surface area contributed by atoms with Crippen LogP contribution in [0, 0.1) is 12.7 Å². The van der Waals surface area contributed by atoms with Gasteiger partial charge in [-0.25, -0.2) is 4.39 Å². The smallest absolute Gasteiger partial charge is 0.325 e. The molecule has 1 N–H and O–H groups in total. The highest BCUT2D eigenvalue weighted by Crippen LogP contribution is 2.08. The van der Waals surface area contributed by atoms with Gasteiger partial charge in [0.2, 0.25) is 0 Å². The van der Waals surface area contributed by atoms with Crippen LogP contribution < -0.4 is 5.32 Å². The Morgan fingerprint density at radius 1 is 1.14 bits per heavy atom. The van der Waals surface area contributed by atoms with E-state index in [-0.39, 0.29) is 24.9 Å². The van der Waals surface area contributed by atoms with Gasteiger partial charge in [-0.2, -0.15) is 0 Å². The lowest BCUT2D eigenvalue weighted by Crippen LogP contribution is -2.16. The maximum absolute atomic E-state index is 12.7. The Bertz CT molecular complexity index is 633. The van der Waals surface area contributed by atoms with Crippen molar-refractivity contribution in [3.63, 3.8) is 0 Å². The molecule has 0 unspecified atom stereocenters. The van der Waals surface area contributed by atoms with E-state index >= 15 is 0 Å². The highest BCUT2D eigenvalue weighted by molar-refractivity contribution is 5.75. The molecule has 3 nitrogen and oxygen atoms in total. The molecule has 0 aliphatic carbocycles. The van der Waals surface area contributed by atoms with Crippen LogP contribution in [0.25, 0.3) is 6.08 Å². The minimum atomic E-state index is -0.329. The second-order valence-electron chi connectivity index (χ2n) is 4.86. The number of halogens is 1. The zero-order valence-electron chi connectivity index (χ0n) is 12.4. The quantitative estimate of drug-likeness (QED) is 0.824. The summed E-state index contributed by atoms with van der Waals surface area (Å²) in [6, 6.07) is 13.9. The van der Waals surface area contributed by atoms with Crippen molar-refractivity contribution in [1.82, 2.24) is 0 Å². The predicted molar refractivity (Wildman–Crippen MR) is 86.1 cm³/mol. The minimum Gasteiger partial charge on any atom is -0.460 e. The second kappa shape index (κ2) is 7.98. The normalized spacial score (nSPS) is 10.6. The van der Waals surface area contributed by atoms with Crippen LogP contribution in [0.3, 0.4) is 0 Å². The molecule has 2 aromatic rings.